The maximum Gasteiger partial charge on any atom is 0.177 e. The van der Waals surface area contributed by atoms with Crippen LogP contribution in [0.3, 0.4) is 0 Å². The molecule has 0 radical (unpaired) electrons. The van der Waals surface area contributed by atoms with Crippen molar-refractivity contribution in [1.29, 1.82) is 0 Å². The van der Waals surface area contributed by atoms with Gasteiger partial charge in [0.05, 0.1) is 25.2 Å². The Morgan fingerprint density at radius 1 is 1.32 bits per heavy atom. The number of carbonyl (C=O) groups is 1. The van der Waals surface area contributed by atoms with E-state index in [0.717, 1.165) is 10.0 Å². The third-order valence-corrected chi connectivity index (χ3v) is 3.44. The Labute approximate surface area is 122 Å². The second-order valence-electron chi connectivity index (χ2n) is 4.49. The number of carbonyl (C=O) groups excluding carboxylic acids is 1. The fraction of sp³-hybridized carbons (Fsp3) is 0.500. The predicted octanol–water partition coefficient (Wildman–Crippen LogP) is 2.99. The van der Waals surface area contributed by atoms with Gasteiger partial charge in [-0.3, -0.25) is 4.79 Å². The van der Waals surface area contributed by atoms with Crippen LogP contribution >= 0.6 is 15.9 Å². The van der Waals surface area contributed by atoms with Crippen LogP contribution in [0.25, 0.3) is 0 Å². The zero-order valence-electron chi connectivity index (χ0n) is 12.0. The van der Waals surface area contributed by atoms with Crippen molar-refractivity contribution >= 4 is 21.7 Å². The summed E-state index contributed by atoms with van der Waals surface area (Å²) in [5, 5.41) is 2.88. The van der Waals surface area contributed by atoms with Crippen LogP contribution in [0.15, 0.2) is 10.5 Å². The molecule has 0 aliphatic rings. The van der Waals surface area contributed by atoms with Gasteiger partial charge < -0.3 is 14.8 Å². The molecule has 1 aromatic carbocycles. The van der Waals surface area contributed by atoms with E-state index in [0.29, 0.717) is 23.6 Å². The van der Waals surface area contributed by atoms with Crippen molar-refractivity contribution in [2.45, 2.75) is 19.8 Å². The second kappa shape index (κ2) is 6.91. The first-order chi connectivity index (χ1) is 8.97. The summed E-state index contributed by atoms with van der Waals surface area (Å²) in [6.45, 7) is 4.35. The van der Waals surface area contributed by atoms with E-state index in [9.17, 15) is 4.79 Å². The zero-order valence-corrected chi connectivity index (χ0v) is 13.6. The molecule has 0 atom stereocenters. The molecule has 1 aromatic rings. The number of ketones is 1. The van der Waals surface area contributed by atoms with E-state index < -0.39 is 0 Å². The van der Waals surface area contributed by atoms with Crippen molar-refractivity contribution < 1.29 is 14.3 Å². The Morgan fingerprint density at radius 2 is 1.89 bits per heavy atom. The molecule has 5 heteroatoms. The molecule has 0 amide bonds. The molecule has 4 nitrogen and oxygen atoms in total. The highest BCUT2D eigenvalue weighted by atomic mass is 79.9. The summed E-state index contributed by atoms with van der Waals surface area (Å²) in [5.41, 5.74) is 1.54. The van der Waals surface area contributed by atoms with Gasteiger partial charge in [-0.25, -0.2) is 0 Å². The largest absolute Gasteiger partial charge is 0.492 e. The molecule has 1 rings (SSSR count). The normalized spacial score (nSPS) is 10.7. The van der Waals surface area contributed by atoms with Gasteiger partial charge in [-0.2, -0.15) is 0 Å². The molecule has 0 heterocycles. The number of Topliss-reactive ketones (excluding diaryl/α,β-unsaturated/α-hetero) is 1. The molecule has 0 spiro atoms. The summed E-state index contributed by atoms with van der Waals surface area (Å²) in [7, 11) is 4.92. The van der Waals surface area contributed by atoms with E-state index >= 15 is 0 Å². The highest BCUT2D eigenvalue weighted by molar-refractivity contribution is 9.10. The summed E-state index contributed by atoms with van der Waals surface area (Å²) in [6.07, 6.45) is 0. The molecule has 0 aromatic heterocycles. The molecular formula is C14H20BrNO3. The van der Waals surface area contributed by atoms with Gasteiger partial charge in [0, 0.05) is 11.1 Å². The van der Waals surface area contributed by atoms with Crippen LogP contribution in [0.5, 0.6) is 11.5 Å². The van der Waals surface area contributed by atoms with Crippen LogP contribution in [0.2, 0.25) is 0 Å². The molecule has 0 aliphatic heterocycles. The van der Waals surface area contributed by atoms with Gasteiger partial charge in [-0.1, -0.05) is 13.8 Å². The van der Waals surface area contributed by atoms with Crippen LogP contribution in [-0.2, 0) is 0 Å². The Hall–Kier alpha value is -1.07. The van der Waals surface area contributed by atoms with Crippen molar-refractivity contribution in [2.75, 3.05) is 27.8 Å². The summed E-state index contributed by atoms with van der Waals surface area (Å²) in [6, 6.07) is 1.80. The van der Waals surface area contributed by atoms with Crippen molar-refractivity contribution in [2.24, 2.45) is 0 Å². The maximum atomic E-state index is 12.2. The van der Waals surface area contributed by atoms with Gasteiger partial charge in [0.1, 0.15) is 0 Å². The quantitative estimate of drug-likeness (QED) is 0.815. The Kier molecular flexibility index (Phi) is 5.82. The number of halogens is 1. The molecule has 106 valence electrons. The lowest BCUT2D eigenvalue weighted by Crippen LogP contribution is -2.20. The highest BCUT2D eigenvalue weighted by Crippen LogP contribution is 2.43. The fourth-order valence-corrected chi connectivity index (χ4v) is 2.65. The van der Waals surface area contributed by atoms with Crippen LogP contribution < -0.4 is 14.8 Å². The average molecular weight is 330 g/mol. The van der Waals surface area contributed by atoms with Crippen molar-refractivity contribution in [3.05, 3.63) is 21.7 Å². The van der Waals surface area contributed by atoms with E-state index in [1.54, 1.807) is 27.3 Å². The van der Waals surface area contributed by atoms with E-state index in [2.05, 4.69) is 21.2 Å². The maximum absolute atomic E-state index is 12.2. The smallest absolute Gasteiger partial charge is 0.177 e. The highest BCUT2D eigenvalue weighted by Gasteiger charge is 2.23. The lowest BCUT2D eigenvalue weighted by Gasteiger charge is -2.20. The lowest BCUT2D eigenvalue weighted by molar-refractivity contribution is 0.0991. The SMILES string of the molecule is CNCC(=O)c1cc(Br)c(OC)c(OC)c1C(C)C. The van der Waals surface area contributed by atoms with Crippen molar-refractivity contribution in [1.82, 2.24) is 5.32 Å². The van der Waals surface area contributed by atoms with E-state index in [1.165, 1.54) is 0 Å². The summed E-state index contributed by atoms with van der Waals surface area (Å²) >= 11 is 3.42. The monoisotopic (exact) mass is 329 g/mol. The summed E-state index contributed by atoms with van der Waals surface area (Å²) in [5.74, 6) is 1.43. The van der Waals surface area contributed by atoms with Crippen LogP contribution in [0.4, 0.5) is 0 Å². The van der Waals surface area contributed by atoms with E-state index in [1.807, 2.05) is 13.8 Å². The topological polar surface area (TPSA) is 47.6 Å². The molecule has 19 heavy (non-hydrogen) atoms. The number of likely N-dealkylation sites (N-methyl/N-ethyl adjacent to an activating group) is 1. The summed E-state index contributed by atoms with van der Waals surface area (Å²) < 4.78 is 11.5. The molecule has 1 N–H and O–H groups in total. The van der Waals surface area contributed by atoms with E-state index in [-0.39, 0.29) is 11.7 Å². The number of nitrogens with one attached hydrogen (secondary N) is 1. The molecule has 0 aliphatic carbocycles. The van der Waals surface area contributed by atoms with Crippen molar-refractivity contribution in [3.8, 4) is 11.5 Å². The number of ether oxygens (including phenoxy) is 2. The zero-order chi connectivity index (χ0) is 14.6. The van der Waals surface area contributed by atoms with Gasteiger partial charge in [-0.05, 0) is 35.0 Å². The number of rotatable bonds is 6. The number of methoxy groups -OCH3 is 2. The minimum Gasteiger partial charge on any atom is -0.492 e. The minimum atomic E-state index is 0.0350. The Balaban J connectivity index is 3.54. The third kappa shape index (κ3) is 3.28. The third-order valence-electron chi connectivity index (χ3n) is 2.85. The molecule has 0 fully saturated rings. The van der Waals surface area contributed by atoms with Gasteiger partial charge in [0.2, 0.25) is 0 Å². The lowest BCUT2D eigenvalue weighted by atomic mass is 9.93. The van der Waals surface area contributed by atoms with Crippen LogP contribution in [0.1, 0.15) is 35.7 Å². The average Bonchev–Trinajstić information content (AvgIpc) is 2.36. The molecular weight excluding hydrogens is 310 g/mol. The number of hydrogen-bond acceptors (Lipinski definition) is 4. The summed E-state index contributed by atoms with van der Waals surface area (Å²) in [4.78, 5) is 12.2. The first-order valence-electron chi connectivity index (χ1n) is 6.10. The first kappa shape index (κ1) is 16.0. The number of benzene rings is 1. The second-order valence-corrected chi connectivity index (χ2v) is 5.35. The van der Waals surface area contributed by atoms with Crippen LogP contribution in [-0.4, -0.2) is 33.6 Å². The molecule has 0 saturated carbocycles. The Morgan fingerprint density at radius 3 is 2.32 bits per heavy atom. The van der Waals surface area contributed by atoms with Crippen molar-refractivity contribution in [3.63, 3.8) is 0 Å². The van der Waals surface area contributed by atoms with Gasteiger partial charge in [-0.15, -0.1) is 0 Å². The van der Waals surface area contributed by atoms with Crippen LogP contribution in [0, 0.1) is 0 Å². The standard InChI is InChI=1S/C14H20BrNO3/c1-8(2)12-9(11(17)7-16-3)6-10(15)13(18-4)14(12)19-5/h6,8,16H,7H2,1-5H3. The van der Waals surface area contributed by atoms with Gasteiger partial charge in [0.25, 0.3) is 0 Å². The molecule has 0 saturated heterocycles. The first-order valence-corrected chi connectivity index (χ1v) is 6.89. The Bertz CT molecular complexity index is 472. The van der Waals surface area contributed by atoms with Gasteiger partial charge in [0.15, 0.2) is 17.3 Å². The molecule has 0 bridgehead atoms. The number of hydrogen-bond donors (Lipinski definition) is 1. The minimum absolute atomic E-state index is 0.0350. The van der Waals surface area contributed by atoms with E-state index in [4.69, 9.17) is 9.47 Å². The predicted molar refractivity (Wildman–Crippen MR) is 79.6 cm³/mol. The van der Waals surface area contributed by atoms with Gasteiger partial charge >= 0.3 is 0 Å². The fourth-order valence-electron chi connectivity index (χ4n) is 2.08. The molecule has 0 unspecified atom stereocenters.